The molecule has 1 aromatic heterocycles. The van der Waals surface area contributed by atoms with Gasteiger partial charge in [0.2, 0.25) is 0 Å². The van der Waals surface area contributed by atoms with Gasteiger partial charge in [-0.15, -0.1) is 0 Å². The lowest BCUT2D eigenvalue weighted by atomic mass is 10.3. The molecule has 0 fully saturated rings. The molecule has 1 heterocycles. The Bertz CT molecular complexity index is 275. The smallest absolute Gasteiger partial charge is 0.270 e. The molecule has 12 heavy (non-hydrogen) atoms. The van der Waals surface area contributed by atoms with Crippen molar-refractivity contribution < 1.29 is 4.79 Å². The van der Waals surface area contributed by atoms with Crippen LogP contribution < -0.4 is 5.32 Å². The molecule has 0 saturated heterocycles. The van der Waals surface area contributed by atoms with E-state index in [4.69, 9.17) is 11.6 Å². The van der Waals surface area contributed by atoms with Gasteiger partial charge in [0.25, 0.3) is 5.91 Å². The van der Waals surface area contributed by atoms with Gasteiger partial charge in [0, 0.05) is 6.20 Å². The number of hydrogen-bond acceptors (Lipinski definition) is 2. The zero-order chi connectivity index (χ0) is 8.97. The van der Waals surface area contributed by atoms with Gasteiger partial charge in [-0.2, -0.15) is 0 Å². The van der Waals surface area contributed by atoms with E-state index in [0.29, 0.717) is 16.2 Å². The Morgan fingerprint density at radius 2 is 2.42 bits per heavy atom. The summed E-state index contributed by atoms with van der Waals surface area (Å²) in [5, 5.41) is 3.07. The second-order valence-corrected chi connectivity index (χ2v) is 3.00. The van der Waals surface area contributed by atoms with Crippen molar-refractivity contribution in [3.05, 3.63) is 29.0 Å². The third-order valence-corrected chi connectivity index (χ3v) is 1.69. The van der Waals surface area contributed by atoms with Crippen LogP contribution in [0.3, 0.4) is 0 Å². The van der Waals surface area contributed by atoms with Gasteiger partial charge in [-0.05, 0) is 12.1 Å². The van der Waals surface area contributed by atoms with Gasteiger partial charge >= 0.3 is 0 Å². The van der Waals surface area contributed by atoms with E-state index < -0.39 is 0 Å². The minimum absolute atomic E-state index is 0.219. The highest BCUT2D eigenvalue weighted by atomic mass is 79.9. The minimum Gasteiger partial charge on any atom is -0.341 e. The van der Waals surface area contributed by atoms with Crippen molar-refractivity contribution in [1.29, 1.82) is 0 Å². The monoisotopic (exact) mass is 248 g/mol. The number of carbonyl (C=O) groups excluding carboxylic acids is 1. The second-order valence-electron chi connectivity index (χ2n) is 2.00. The van der Waals surface area contributed by atoms with Crippen molar-refractivity contribution in [1.82, 2.24) is 10.3 Å². The number of pyridine rings is 1. The quantitative estimate of drug-likeness (QED) is 0.642. The van der Waals surface area contributed by atoms with Crippen molar-refractivity contribution in [3.8, 4) is 0 Å². The first-order chi connectivity index (χ1) is 5.74. The third-order valence-electron chi connectivity index (χ3n) is 1.19. The van der Waals surface area contributed by atoms with E-state index in [1.54, 1.807) is 12.1 Å². The molecular weight excluding hydrogens is 243 g/mol. The van der Waals surface area contributed by atoms with Crippen LogP contribution in [0.1, 0.15) is 10.5 Å². The van der Waals surface area contributed by atoms with Crippen LogP contribution in [0, 0.1) is 0 Å². The molecule has 0 radical (unpaired) electrons. The molecule has 1 aromatic rings. The number of amides is 1. The Hall–Kier alpha value is -0.610. The van der Waals surface area contributed by atoms with Gasteiger partial charge in [-0.25, -0.2) is 4.98 Å². The zero-order valence-corrected chi connectivity index (χ0v) is 8.39. The lowest BCUT2D eigenvalue weighted by Crippen LogP contribution is -2.22. The van der Waals surface area contributed by atoms with E-state index in [1.165, 1.54) is 6.20 Å². The van der Waals surface area contributed by atoms with E-state index in [-0.39, 0.29) is 5.91 Å². The summed E-state index contributed by atoms with van der Waals surface area (Å²) in [5.41, 5.74) is 0.773. The Balaban J connectivity index is 2.75. The minimum atomic E-state index is -0.219. The summed E-state index contributed by atoms with van der Waals surface area (Å²) >= 11 is 8.67. The average molecular weight is 249 g/mol. The van der Waals surface area contributed by atoms with Crippen LogP contribution in [0.15, 0.2) is 18.3 Å². The van der Waals surface area contributed by atoms with Gasteiger partial charge in [0.05, 0.1) is 10.5 Å². The van der Waals surface area contributed by atoms with E-state index >= 15 is 0 Å². The Morgan fingerprint density at radius 1 is 1.67 bits per heavy atom. The van der Waals surface area contributed by atoms with Crippen molar-refractivity contribution in [3.63, 3.8) is 0 Å². The molecule has 3 nitrogen and oxygen atoms in total. The number of nitrogens with one attached hydrogen (secondary N) is 1. The summed E-state index contributed by atoms with van der Waals surface area (Å²) in [7, 11) is 0. The first-order valence-electron chi connectivity index (χ1n) is 3.20. The summed E-state index contributed by atoms with van der Waals surface area (Å²) in [4.78, 5) is 14.9. The maximum atomic E-state index is 11.1. The first-order valence-corrected chi connectivity index (χ1v) is 4.69. The van der Waals surface area contributed by atoms with Crippen LogP contribution in [0.2, 0.25) is 5.02 Å². The predicted molar refractivity (Wildman–Crippen MR) is 50.5 cm³/mol. The molecule has 0 aliphatic carbocycles. The molecule has 64 valence electrons. The van der Waals surface area contributed by atoms with Gasteiger partial charge in [-0.1, -0.05) is 27.5 Å². The topological polar surface area (TPSA) is 42.0 Å². The van der Waals surface area contributed by atoms with Crippen LogP contribution in [0.25, 0.3) is 0 Å². The molecule has 5 heteroatoms. The van der Waals surface area contributed by atoms with Gasteiger partial charge < -0.3 is 5.32 Å². The van der Waals surface area contributed by atoms with Crippen molar-refractivity contribution >= 4 is 33.4 Å². The number of carbonyl (C=O) groups is 1. The van der Waals surface area contributed by atoms with E-state index in [2.05, 4.69) is 26.2 Å². The molecule has 0 unspecified atom stereocenters. The fourth-order valence-electron chi connectivity index (χ4n) is 0.661. The third kappa shape index (κ3) is 2.46. The zero-order valence-electron chi connectivity index (χ0n) is 6.05. The van der Waals surface area contributed by atoms with E-state index in [9.17, 15) is 4.79 Å². The van der Waals surface area contributed by atoms with E-state index in [0.717, 1.165) is 0 Å². The number of alkyl halides is 1. The Morgan fingerprint density at radius 3 is 2.92 bits per heavy atom. The fraction of sp³-hybridized carbons (Fsp3) is 0.143. The molecule has 0 aliphatic heterocycles. The van der Waals surface area contributed by atoms with Crippen LogP contribution in [0.4, 0.5) is 0 Å². The lowest BCUT2D eigenvalue weighted by Gasteiger charge is -1.99. The Kier molecular flexibility index (Phi) is 3.49. The summed E-state index contributed by atoms with van der Waals surface area (Å²) in [5.74, 6) is -0.219. The predicted octanol–water partition coefficient (Wildman–Crippen LogP) is 1.82. The molecule has 1 amide bonds. The van der Waals surface area contributed by atoms with Crippen LogP contribution >= 0.6 is 27.5 Å². The van der Waals surface area contributed by atoms with Gasteiger partial charge in [-0.3, -0.25) is 4.79 Å². The van der Waals surface area contributed by atoms with Crippen molar-refractivity contribution in [2.45, 2.75) is 0 Å². The standard InChI is InChI=1S/C7H6BrClN2O/c8-4-11-7(12)6-2-1-5(9)3-10-6/h1-3H,4H2,(H,11,12). The SMILES string of the molecule is O=C(NCBr)c1ccc(Cl)cn1. The normalized spacial score (nSPS) is 9.50. The molecule has 0 saturated carbocycles. The average Bonchev–Trinajstić information content (AvgIpc) is 2.06. The number of halogens is 2. The van der Waals surface area contributed by atoms with E-state index in [1.807, 2.05) is 0 Å². The number of aromatic nitrogens is 1. The number of rotatable bonds is 2. The summed E-state index contributed by atoms with van der Waals surface area (Å²) in [6.45, 7) is 0. The number of hydrogen-bond donors (Lipinski definition) is 1. The maximum Gasteiger partial charge on any atom is 0.270 e. The molecule has 0 spiro atoms. The maximum absolute atomic E-state index is 11.1. The van der Waals surface area contributed by atoms with Gasteiger partial charge in [0.15, 0.2) is 0 Å². The lowest BCUT2D eigenvalue weighted by molar-refractivity contribution is 0.0956. The molecular formula is C7H6BrClN2O. The molecule has 0 aromatic carbocycles. The largest absolute Gasteiger partial charge is 0.341 e. The van der Waals surface area contributed by atoms with Gasteiger partial charge in [0.1, 0.15) is 5.69 Å². The second kappa shape index (κ2) is 4.42. The highest BCUT2D eigenvalue weighted by Crippen LogP contribution is 2.05. The van der Waals surface area contributed by atoms with Crippen molar-refractivity contribution in [2.24, 2.45) is 0 Å². The summed E-state index contributed by atoms with van der Waals surface area (Å²) in [6, 6.07) is 3.19. The fourth-order valence-corrected chi connectivity index (χ4v) is 1.03. The highest BCUT2D eigenvalue weighted by Gasteiger charge is 2.03. The Labute approximate surface area is 83.3 Å². The molecule has 0 bridgehead atoms. The van der Waals surface area contributed by atoms with Crippen LogP contribution in [0.5, 0.6) is 0 Å². The summed E-state index contributed by atoms with van der Waals surface area (Å²) in [6.07, 6.45) is 1.44. The molecule has 0 aliphatic rings. The van der Waals surface area contributed by atoms with Crippen LogP contribution in [-0.4, -0.2) is 16.3 Å². The molecule has 1 rings (SSSR count). The molecule has 0 atom stereocenters. The highest BCUT2D eigenvalue weighted by molar-refractivity contribution is 9.09. The summed E-state index contributed by atoms with van der Waals surface area (Å²) < 4.78 is 0. The van der Waals surface area contributed by atoms with Crippen molar-refractivity contribution in [2.75, 3.05) is 5.45 Å². The first kappa shape index (κ1) is 9.48. The number of nitrogens with zero attached hydrogens (tertiary/aromatic N) is 1. The molecule has 1 N–H and O–H groups in total. The van der Waals surface area contributed by atoms with Crippen LogP contribution in [-0.2, 0) is 0 Å².